The van der Waals surface area contributed by atoms with Crippen molar-refractivity contribution in [3.8, 4) is 0 Å². The van der Waals surface area contributed by atoms with E-state index in [1.165, 1.54) is 17.7 Å². The molecule has 0 radical (unpaired) electrons. The van der Waals surface area contributed by atoms with Gasteiger partial charge >= 0.3 is 12.0 Å². The summed E-state index contributed by atoms with van der Waals surface area (Å²) in [6.07, 6.45) is 2.43. The third-order valence-electron chi connectivity index (χ3n) is 2.98. The van der Waals surface area contributed by atoms with Gasteiger partial charge in [0.15, 0.2) is 0 Å². The second-order valence-corrected chi connectivity index (χ2v) is 4.79. The van der Waals surface area contributed by atoms with E-state index < -0.39 is 18.0 Å². The number of rotatable bonds is 9. The lowest BCUT2D eigenvalue weighted by molar-refractivity contribution is -0.139. The first kappa shape index (κ1) is 15.7. The lowest BCUT2D eigenvalue weighted by Crippen LogP contribution is -2.47. The average Bonchev–Trinajstić information content (AvgIpc) is 3.17. The van der Waals surface area contributed by atoms with E-state index in [0.29, 0.717) is 19.1 Å². The molecule has 0 unspecified atom stereocenters. The van der Waals surface area contributed by atoms with Gasteiger partial charge in [0, 0.05) is 33.2 Å². The largest absolute Gasteiger partial charge is 0.480 e. The summed E-state index contributed by atoms with van der Waals surface area (Å²) in [7, 11) is 1.58. The molecule has 0 aliphatic heterocycles. The fraction of sp³-hybridized carbons (Fsp3) is 0.833. The van der Waals surface area contributed by atoms with Gasteiger partial charge in [0.2, 0.25) is 0 Å². The number of ether oxygens (including phenoxy) is 1. The minimum atomic E-state index is -1.15. The fourth-order valence-electron chi connectivity index (χ4n) is 1.48. The molecule has 1 rings (SSSR count). The first-order chi connectivity index (χ1) is 9.04. The van der Waals surface area contributed by atoms with Crippen LogP contribution >= 0.6 is 0 Å². The summed E-state index contributed by atoms with van der Waals surface area (Å²) in [5.41, 5.74) is 0. The quantitative estimate of drug-likeness (QED) is 0.509. The number of amides is 2. The summed E-state index contributed by atoms with van der Waals surface area (Å²) in [5, 5.41) is 19.9. The van der Waals surface area contributed by atoms with Crippen molar-refractivity contribution in [2.45, 2.75) is 25.3 Å². The van der Waals surface area contributed by atoms with E-state index in [9.17, 15) is 9.59 Å². The molecule has 7 heteroatoms. The summed E-state index contributed by atoms with van der Waals surface area (Å²) in [6.45, 7) is 1.30. The topological polar surface area (TPSA) is 99.1 Å². The van der Waals surface area contributed by atoms with Crippen LogP contribution in [-0.4, -0.2) is 66.6 Å². The van der Waals surface area contributed by atoms with Crippen LogP contribution in [0, 0.1) is 5.92 Å². The highest BCUT2D eigenvalue weighted by Crippen LogP contribution is 2.28. The van der Waals surface area contributed by atoms with Gasteiger partial charge in [-0.1, -0.05) is 0 Å². The number of hydrogen-bond donors (Lipinski definition) is 3. The Morgan fingerprint density at radius 3 is 2.68 bits per heavy atom. The number of carbonyl (C=O) groups is 2. The first-order valence-electron chi connectivity index (χ1n) is 6.47. The molecule has 0 spiro atoms. The summed E-state index contributed by atoms with van der Waals surface area (Å²) in [4.78, 5) is 23.9. The number of carboxylic acids is 1. The van der Waals surface area contributed by atoms with Crippen LogP contribution in [0.5, 0.6) is 0 Å². The maximum absolute atomic E-state index is 11.7. The maximum atomic E-state index is 11.7. The molecule has 1 saturated carbocycles. The molecule has 0 heterocycles. The Labute approximate surface area is 112 Å². The highest BCUT2D eigenvalue weighted by Gasteiger charge is 2.22. The van der Waals surface area contributed by atoms with Crippen molar-refractivity contribution in [2.24, 2.45) is 5.92 Å². The molecule has 1 fully saturated rings. The summed E-state index contributed by atoms with van der Waals surface area (Å²) < 4.78 is 5.40. The lowest BCUT2D eigenvalue weighted by Gasteiger charge is -2.21. The molecule has 0 aromatic heterocycles. The molecule has 3 N–H and O–H groups in total. The summed E-state index contributed by atoms with van der Waals surface area (Å²) >= 11 is 0. The highest BCUT2D eigenvalue weighted by atomic mass is 16.5. The monoisotopic (exact) mass is 274 g/mol. The van der Waals surface area contributed by atoms with Gasteiger partial charge in [-0.15, -0.1) is 0 Å². The van der Waals surface area contributed by atoms with E-state index in [1.807, 2.05) is 0 Å². The van der Waals surface area contributed by atoms with E-state index in [2.05, 4.69) is 5.32 Å². The van der Waals surface area contributed by atoms with Gasteiger partial charge in [-0.2, -0.15) is 0 Å². The number of hydrogen-bond acceptors (Lipinski definition) is 4. The average molecular weight is 274 g/mol. The number of aliphatic hydroxyl groups is 1. The van der Waals surface area contributed by atoms with Crippen LogP contribution in [0.25, 0.3) is 0 Å². The van der Waals surface area contributed by atoms with Crippen LogP contribution in [0.1, 0.15) is 19.3 Å². The molecular formula is C12H22N2O5. The smallest absolute Gasteiger partial charge is 0.326 e. The summed E-state index contributed by atoms with van der Waals surface area (Å²) in [6, 6.07) is -1.54. The predicted octanol–water partition coefficient (Wildman–Crippen LogP) is -0.110. The molecule has 1 aliphatic rings. The predicted molar refractivity (Wildman–Crippen MR) is 67.8 cm³/mol. The van der Waals surface area contributed by atoms with Crippen molar-refractivity contribution in [1.82, 2.24) is 10.2 Å². The van der Waals surface area contributed by atoms with Gasteiger partial charge in [-0.25, -0.2) is 9.59 Å². The molecule has 0 aromatic carbocycles. The molecule has 1 aliphatic carbocycles. The van der Waals surface area contributed by atoms with Crippen LogP contribution in [0.2, 0.25) is 0 Å². The molecule has 7 nitrogen and oxygen atoms in total. The van der Waals surface area contributed by atoms with Gasteiger partial charge in [-0.3, -0.25) is 0 Å². The standard InChI is InChI=1S/C12H22N2O5/c1-14(5-7-19-8-9-2-3-9)12(18)13-10(4-6-15)11(16)17/h9-10,15H,2-8H2,1H3,(H,13,18)(H,16,17)/t10-/m1/s1. The minimum absolute atomic E-state index is 0.00685. The van der Waals surface area contributed by atoms with Gasteiger partial charge in [0.25, 0.3) is 0 Å². The third kappa shape index (κ3) is 6.40. The van der Waals surface area contributed by atoms with Crippen LogP contribution < -0.4 is 5.32 Å². The van der Waals surface area contributed by atoms with E-state index >= 15 is 0 Å². The molecule has 0 bridgehead atoms. The first-order valence-corrected chi connectivity index (χ1v) is 6.47. The van der Waals surface area contributed by atoms with E-state index in [1.54, 1.807) is 7.05 Å². The zero-order valence-corrected chi connectivity index (χ0v) is 11.2. The molecular weight excluding hydrogens is 252 g/mol. The molecule has 110 valence electrons. The van der Waals surface area contributed by atoms with Crippen molar-refractivity contribution in [2.75, 3.05) is 33.4 Å². The molecule has 2 amide bonds. The molecule has 1 atom stereocenters. The minimum Gasteiger partial charge on any atom is -0.480 e. The molecule has 0 saturated heterocycles. The fourth-order valence-corrected chi connectivity index (χ4v) is 1.48. The Balaban J connectivity index is 2.19. The van der Waals surface area contributed by atoms with Gasteiger partial charge < -0.3 is 25.2 Å². The van der Waals surface area contributed by atoms with Crippen molar-refractivity contribution < 1.29 is 24.5 Å². The van der Waals surface area contributed by atoms with Gasteiger partial charge in [0.1, 0.15) is 6.04 Å². The van der Waals surface area contributed by atoms with E-state index in [-0.39, 0.29) is 13.0 Å². The van der Waals surface area contributed by atoms with Crippen LogP contribution in [0.4, 0.5) is 4.79 Å². The van der Waals surface area contributed by atoms with Crippen LogP contribution in [-0.2, 0) is 9.53 Å². The van der Waals surface area contributed by atoms with Crippen molar-refractivity contribution in [1.29, 1.82) is 0 Å². The number of nitrogens with one attached hydrogen (secondary N) is 1. The normalized spacial score (nSPS) is 15.9. The number of likely N-dealkylation sites (N-methyl/N-ethyl adjacent to an activating group) is 1. The van der Waals surface area contributed by atoms with Crippen molar-refractivity contribution >= 4 is 12.0 Å². The SMILES string of the molecule is CN(CCOCC1CC1)C(=O)N[C@H](CCO)C(=O)O. The Morgan fingerprint density at radius 2 is 2.16 bits per heavy atom. The number of urea groups is 1. The Kier molecular flexibility index (Phi) is 6.58. The molecule has 0 aromatic rings. The number of nitrogens with zero attached hydrogens (tertiary/aromatic N) is 1. The third-order valence-corrected chi connectivity index (χ3v) is 2.98. The van der Waals surface area contributed by atoms with Crippen LogP contribution in [0.3, 0.4) is 0 Å². The Hall–Kier alpha value is -1.34. The number of aliphatic carboxylic acids is 1. The highest BCUT2D eigenvalue weighted by molar-refractivity contribution is 5.82. The number of carbonyl (C=O) groups excluding carboxylic acids is 1. The lowest BCUT2D eigenvalue weighted by atomic mass is 10.2. The zero-order chi connectivity index (χ0) is 14.3. The van der Waals surface area contributed by atoms with Crippen LogP contribution in [0.15, 0.2) is 0 Å². The van der Waals surface area contributed by atoms with Gasteiger partial charge in [0.05, 0.1) is 6.61 Å². The van der Waals surface area contributed by atoms with E-state index in [0.717, 1.165) is 6.61 Å². The van der Waals surface area contributed by atoms with Crippen molar-refractivity contribution in [3.05, 3.63) is 0 Å². The zero-order valence-electron chi connectivity index (χ0n) is 11.2. The maximum Gasteiger partial charge on any atom is 0.326 e. The Morgan fingerprint density at radius 1 is 1.47 bits per heavy atom. The molecule has 19 heavy (non-hydrogen) atoms. The van der Waals surface area contributed by atoms with Crippen molar-refractivity contribution in [3.63, 3.8) is 0 Å². The Bertz CT molecular complexity index is 306. The summed E-state index contributed by atoms with van der Waals surface area (Å²) in [5.74, 6) is -0.471. The van der Waals surface area contributed by atoms with Gasteiger partial charge in [-0.05, 0) is 18.8 Å². The second kappa shape index (κ2) is 7.96. The number of aliphatic hydroxyl groups excluding tert-OH is 1. The van der Waals surface area contributed by atoms with E-state index in [4.69, 9.17) is 14.9 Å². The second-order valence-electron chi connectivity index (χ2n) is 4.79. The number of carboxylic acid groups (broad SMARTS) is 1.